The summed E-state index contributed by atoms with van der Waals surface area (Å²) >= 11 is 0. The molecule has 220 valence electrons. The number of ether oxygens (including phenoxy) is 1. The maximum Gasteiger partial charge on any atom is 0.484 e. The molecule has 3 rings (SSSR count). The molecular weight excluding hydrogens is 580 g/mol. The van der Waals surface area contributed by atoms with Gasteiger partial charge in [-0.15, -0.1) is 0 Å². The Morgan fingerprint density at radius 1 is 1.21 bits per heavy atom. The molecule has 0 aliphatic carbocycles. The minimum Gasteiger partial charge on any atom is -0.394 e. The van der Waals surface area contributed by atoms with Crippen LogP contribution in [0.4, 0.5) is 5.95 Å². The van der Waals surface area contributed by atoms with Gasteiger partial charge in [-0.05, 0) is 0 Å². The number of aliphatic hydroxyl groups is 6. The number of aromatic amines is 1. The van der Waals surface area contributed by atoms with Gasteiger partial charge < -0.3 is 55.7 Å². The van der Waals surface area contributed by atoms with Crippen molar-refractivity contribution in [1.29, 1.82) is 0 Å². The number of carbonyl (C=O) groups is 1. The number of aldehydes is 1. The van der Waals surface area contributed by atoms with Crippen LogP contribution in [0.2, 0.25) is 0 Å². The number of phosphoric ester groups is 1. The highest BCUT2D eigenvalue weighted by atomic mass is 31.3. The van der Waals surface area contributed by atoms with E-state index in [1.54, 1.807) is 0 Å². The number of imidazole rings is 1. The number of aromatic nitrogens is 4. The van der Waals surface area contributed by atoms with Crippen molar-refractivity contribution in [2.75, 3.05) is 18.9 Å². The Morgan fingerprint density at radius 2 is 1.87 bits per heavy atom. The average Bonchev–Trinajstić information content (AvgIpc) is 3.39. The van der Waals surface area contributed by atoms with Crippen molar-refractivity contribution in [3.63, 3.8) is 0 Å². The molecule has 21 nitrogen and oxygen atoms in total. The number of anilines is 1. The maximum atomic E-state index is 13.0. The molecule has 39 heavy (non-hydrogen) atoms. The highest BCUT2D eigenvalue weighted by molar-refractivity contribution is 7.61. The molecule has 0 saturated carbocycles. The van der Waals surface area contributed by atoms with Crippen molar-refractivity contribution in [2.45, 2.75) is 49.0 Å². The van der Waals surface area contributed by atoms with Crippen molar-refractivity contribution >= 4 is 39.0 Å². The number of fused-ring (bicyclic) bond motifs is 1. The lowest BCUT2D eigenvalue weighted by molar-refractivity contribution is -0.135. The molecule has 0 radical (unpaired) electrons. The second kappa shape index (κ2) is 12.1. The molecule has 2 aromatic heterocycles. The summed E-state index contributed by atoms with van der Waals surface area (Å²) in [5.41, 5.74) is 4.44. The van der Waals surface area contributed by atoms with Crippen LogP contribution in [0.25, 0.3) is 11.2 Å². The third kappa shape index (κ3) is 7.12. The van der Waals surface area contributed by atoms with Crippen molar-refractivity contribution in [3.05, 3.63) is 16.7 Å². The number of rotatable bonds is 13. The summed E-state index contributed by atoms with van der Waals surface area (Å²) in [6, 6.07) is 0. The Bertz CT molecular complexity index is 1320. The maximum absolute atomic E-state index is 13.0. The number of nitrogen functional groups attached to an aromatic ring is 1. The van der Waals surface area contributed by atoms with Crippen LogP contribution >= 0.6 is 15.6 Å². The van der Waals surface area contributed by atoms with Gasteiger partial charge in [0.2, 0.25) is 5.95 Å². The summed E-state index contributed by atoms with van der Waals surface area (Å²) in [5.74, 6) is -0.307. The van der Waals surface area contributed by atoms with E-state index in [1.165, 1.54) is 0 Å². The molecule has 2 aromatic rings. The quantitative estimate of drug-likeness (QED) is 0.0756. The predicted octanol–water partition coefficient (Wildman–Crippen LogP) is -4.79. The van der Waals surface area contributed by atoms with E-state index in [0.29, 0.717) is 0 Å². The molecule has 1 unspecified atom stereocenters. The van der Waals surface area contributed by atoms with Crippen molar-refractivity contribution in [3.8, 4) is 0 Å². The monoisotopic (exact) mass is 605 g/mol. The number of carbonyl (C=O) groups excluding carboxylic acids is 1. The fourth-order valence-corrected chi connectivity index (χ4v) is 5.69. The van der Waals surface area contributed by atoms with Gasteiger partial charge >= 0.3 is 15.6 Å². The topological polar surface area (TPSA) is 340 Å². The zero-order chi connectivity index (χ0) is 29.3. The number of nitrogens with two attached hydrogens (primary N) is 1. The Balaban J connectivity index is 1.81. The first-order valence-electron chi connectivity index (χ1n) is 10.6. The number of H-pyrrole nitrogens is 1. The third-order valence-corrected chi connectivity index (χ3v) is 7.94. The van der Waals surface area contributed by atoms with Crippen molar-refractivity contribution in [2.24, 2.45) is 0 Å². The standard InChI is InChI=1S/C16H25N5O16P2/c17-16-19-13-8(14(29)20-16)18-4-21(13)15-12(28)11(27)7(35-15)3-34-39(33,37-38(30,31)32)36-6(2-23)10(26)9(25)5(24)1-22/h2,4-7,9-12,15,22,24-28H,1,3H2,(H2,30,31,32)(H3,17,19,20,29)/t5-,6-,7-,9-,10-,11-,12-,15-,39?/m1/s1. The van der Waals surface area contributed by atoms with Crippen LogP contribution in [-0.4, -0.2) is 122 Å². The molecule has 3 heterocycles. The summed E-state index contributed by atoms with van der Waals surface area (Å²) in [6.07, 6.45) is -15.0. The van der Waals surface area contributed by atoms with E-state index in [-0.39, 0.29) is 23.4 Å². The molecule has 23 heteroatoms. The highest BCUT2D eigenvalue weighted by Crippen LogP contribution is 2.62. The van der Waals surface area contributed by atoms with E-state index in [1.807, 2.05) is 0 Å². The predicted molar refractivity (Wildman–Crippen MR) is 121 cm³/mol. The largest absolute Gasteiger partial charge is 0.484 e. The highest BCUT2D eigenvalue weighted by Gasteiger charge is 2.48. The van der Waals surface area contributed by atoms with E-state index in [0.717, 1.165) is 10.9 Å². The molecule has 0 spiro atoms. The average molecular weight is 605 g/mol. The summed E-state index contributed by atoms with van der Waals surface area (Å²) in [6.45, 7) is -2.17. The van der Waals surface area contributed by atoms with E-state index in [2.05, 4.69) is 23.8 Å². The van der Waals surface area contributed by atoms with Crippen LogP contribution in [-0.2, 0) is 32.0 Å². The van der Waals surface area contributed by atoms with Crippen LogP contribution in [0.3, 0.4) is 0 Å². The third-order valence-electron chi connectivity index (χ3n) is 5.32. The normalized spacial score (nSPS) is 26.7. The number of hydrogen-bond acceptors (Lipinski definition) is 17. The van der Waals surface area contributed by atoms with Gasteiger partial charge in [-0.3, -0.25) is 23.4 Å². The fraction of sp³-hybridized carbons (Fsp3) is 0.625. The Morgan fingerprint density at radius 3 is 2.46 bits per heavy atom. The lowest BCUT2D eigenvalue weighted by atomic mass is 10.0. The second-order valence-corrected chi connectivity index (χ2v) is 11.1. The van der Waals surface area contributed by atoms with Crippen molar-refractivity contribution in [1.82, 2.24) is 19.5 Å². The lowest BCUT2D eigenvalue weighted by Crippen LogP contribution is -2.47. The second-order valence-electron chi connectivity index (χ2n) is 8.07. The smallest absolute Gasteiger partial charge is 0.394 e. The molecule has 0 aromatic carbocycles. The van der Waals surface area contributed by atoms with Crippen LogP contribution in [0.1, 0.15) is 6.23 Å². The number of aliphatic hydroxyl groups excluding tert-OH is 6. The Labute approximate surface area is 216 Å². The van der Waals surface area contributed by atoms with Crippen LogP contribution in [0, 0.1) is 0 Å². The molecular formula is C16H25N5O16P2. The van der Waals surface area contributed by atoms with E-state index >= 15 is 0 Å². The minimum absolute atomic E-state index is 0.153. The number of nitrogens with zero attached hydrogens (tertiary/aromatic N) is 3. The van der Waals surface area contributed by atoms with E-state index < -0.39 is 83.4 Å². The van der Waals surface area contributed by atoms with E-state index in [4.69, 9.17) is 29.9 Å². The molecule has 1 saturated heterocycles. The number of nitrogens with one attached hydrogen (secondary N) is 1. The summed E-state index contributed by atoms with van der Waals surface area (Å²) in [7, 11) is -11.2. The number of phosphoric acid groups is 2. The summed E-state index contributed by atoms with van der Waals surface area (Å²) in [4.78, 5) is 51.5. The van der Waals surface area contributed by atoms with Gasteiger partial charge in [0.15, 0.2) is 29.8 Å². The van der Waals surface area contributed by atoms with E-state index in [9.17, 15) is 44.3 Å². The molecule has 9 atom stereocenters. The van der Waals surface area contributed by atoms with Gasteiger partial charge in [0.25, 0.3) is 5.56 Å². The molecule has 1 fully saturated rings. The molecule has 1 aliphatic heterocycles. The van der Waals surface area contributed by atoms with Gasteiger partial charge in [0.1, 0.15) is 36.6 Å². The van der Waals surface area contributed by atoms with Crippen LogP contribution < -0.4 is 11.3 Å². The zero-order valence-electron chi connectivity index (χ0n) is 19.3. The Kier molecular flexibility index (Phi) is 9.74. The van der Waals surface area contributed by atoms with Crippen molar-refractivity contribution < 1.29 is 72.4 Å². The zero-order valence-corrected chi connectivity index (χ0v) is 21.1. The first-order chi connectivity index (χ1) is 18.1. The van der Waals surface area contributed by atoms with Crippen LogP contribution in [0.15, 0.2) is 11.1 Å². The Hall–Kier alpha value is -2.20. The fourth-order valence-electron chi connectivity index (χ4n) is 3.44. The first kappa shape index (κ1) is 31.3. The SMILES string of the molecule is Nc1nc2c(ncn2[C@@H]2O[C@H](COP(=O)(O[C@H](C=O)[C@@H](O)[C@H](O)[C@H](O)CO)OP(=O)(O)O)[C@@H](O)[C@H]2O)c(=O)[nH]1. The van der Waals surface area contributed by atoms with Gasteiger partial charge in [0.05, 0.1) is 19.5 Å². The summed E-state index contributed by atoms with van der Waals surface area (Å²) < 4.78 is 44.3. The molecule has 0 amide bonds. The molecule has 11 N–H and O–H groups in total. The molecule has 1 aliphatic rings. The van der Waals surface area contributed by atoms with Gasteiger partial charge in [-0.25, -0.2) is 14.1 Å². The number of hydrogen-bond donors (Lipinski definition) is 10. The summed E-state index contributed by atoms with van der Waals surface area (Å²) in [5, 5.41) is 59.0. The first-order valence-corrected chi connectivity index (χ1v) is 13.6. The van der Waals surface area contributed by atoms with Gasteiger partial charge in [-0.1, -0.05) is 0 Å². The molecule has 0 bridgehead atoms. The lowest BCUT2D eigenvalue weighted by Gasteiger charge is -2.28. The minimum atomic E-state index is -5.69. The van der Waals surface area contributed by atoms with Crippen LogP contribution in [0.5, 0.6) is 0 Å². The van der Waals surface area contributed by atoms with Gasteiger partial charge in [-0.2, -0.15) is 9.29 Å². The van der Waals surface area contributed by atoms with Gasteiger partial charge in [0, 0.05) is 0 Å².